The largest absolute Gasteiger partial charge is 0.484 e. The van der Waals surface area contributed by atoms with Gasteiger partial charge in [-0.3, -0.25) is 4.98 Å². The Labute approximate surface area is 185 Å². The minimum absolute atomic E-state index is 0.291. The zero-order chi connectivity index (χ0) is 21.9. The Hall–Kier alpha value is -3.68. The van der Waals surface area contributed by atoms with Crippen LogP contribution in [0.4, 0.5) is 10.2 Å². The molecule has 2 aromatic heterocycles. The van der Waals surface area contributed by atoms with Gasteiger partial charge in [0.25, 0.3) is 0 Å². The van der Waals surface area contributed by atoms with Crippen molar-refractivity contribution < 1.29 is 13.9 Å². The van der Waals surface area contributed by atoms with Gasteiger partial charge in [-0.25, -0.2) is 14.4 Å². The van der Waals surface area contributed by atoms with E-state index in [0.717, 1.165) is 36.5 Å². The fourth-order valence-electron chi connectivity index (χ4n) is 4.02. The molecule has 4 heterocycles. The summed E-state index contributed by atoms with van der Waals surface area (Å²) in [6, 6.07) is 8.82. The molecular weight excluding hydrogens is 409 g/mol. The number of pyridine rings is 1. The Morgan fingerprint density at radius 2 is 2.06 bits per heavy atom. The average Bonchev–Trinajstić information content (AvgIpc) is 2.84. The van der Waals surface area contributed by atoms with Crippen molar-refractivity contribution in [3.05, 3.63) is 72.0 Å². The van der Waals surface area contributed by atoms with Gasteiger partial charge in [-0.05, 0) is 30.5 Å². The third-order valence-corrected chi connectivity index (χ3v) is 5.66. The van der Waals surface area contributed by atoms with E-state index in [1.54, 1.807) is 12.3 Å². The van der Waals surface area contributed by atoms with E-state index in [-0.39, 0.29) is 5.82 Å². The zero-order valence-corrected chi connectivity index (χ0v) is 17.8. The van der Waals surface area contributed by atoms with Gasteiger partial charge in [0.15, 0.2) is 5.76 Å². The van der Waals surface area contributed by atoms with Gasteiger partial charge in [0, 0.05) is 41.9 Å². The van der Waals surface area contributed by atoms with Gasteiger partial charge in [-0.15, -0.1) is 0 Å². The molecule has 1 atom stereocenters. The third kappa shape index (κ3) is 4.08. The molecule has 0 bridgehead atoms. The SMILES string of the molecule is CC(CCNc1cc(-c2cc(F)c3ncccc3c2)ncn1)C1=CCNC2=C1OCCO2. The lowest BCUT2D eigenvalue weighted by Gasteiger charge is -2.29. The summed E-state index contributed by atoms with van der Waals surface area (Å²) in [5.74, 6) is 2.20. The summed E-state index contributed by atoms with van der Waals surface area (Å²) in [5.41, 5.74) is 2.87. The van der Waals surface area contributed by atoms with E-state index in [2.05, 4.69) is 38.6 Å². The standard InChI is InChI=1S/C24H24FN5O2/c1-15(18-5-8-28-24-23(18)31-9-10-32-24)4-7-26-21-13-20(29-14-30-21)17-11-16-3-2-6-27-22(16)19(25)12-17/h2-3,5-6,11-15,28H,4,7-10H2,1H3,(H,26,29,30). The van der Waals surface area contributed by atoms with Gasteiger partial charge in [0.05, 0.1) is 5.69 Å². The van der Waals surface area contributed by atoms with Crippen molar-refractivity contribution in [1.29, 1.82) is 0 Å². The zero-order valence-electron chi connectivity index (χ0n) is 17.8. The van der Waals surface area contributed by atoms with Crippen LogP contribution in [0.1, 0.15) is 13.3 Å². The fourth-order valence-corrected chi connectivity index (χ4v) is 4.02. The van der Waals surface area contributed by atoms with Crippen molar-refractivity contribution in [2.24, 2.45) is 5.92 Å². The van der Waals surface area contributed by atoms with Crippen LogP contribution in [0.2, 0.25) is 0 Å². The molecule has 164 valence electrons. The summed E-state index contributed by atoms with van der Waals surface area (Å²) in [4.78, 5) is 12.8. The van der Waals surface area contributed by atoms with E-state index < -0.39 is 0 Å². The molecule has 0 amide bonds. The highest BCUT2D eigenvalue weighted by molar-refractivity contribution is 5.84. The summed E-state index contributed by atoms with van der Waals surface area (Å²) < 4.78 is 26.0. The molecule has 1 unspecified atom stereocenters. The molecule has 0 radical (unpaired) electrons. The number of anilines is 1. The molecule has 0 spiro atoms. The number of nitrogens with zero attached hydrogens (tertiary/aromatic N) is 3. The molecule has 0 fully saturated rings. The summed E-state index contributed by atoms with van der Waals surface area (Å²) in [6.07, 6.45) is 6.13. The Bertz CT molecular complexity index is 1210. The maximum atomic E-state index is 14.5. The van der Waals surface area contributed by atoms with E-state index in [0.29, 0.717) is 41.7 Å². The normalized spacial score (nSPS) is 16.4. The molecule has 1 aromatic carbocycles. The van der Waals surface area contributed by atoms with Crippen LogP contribution >= 0.6 is 0 Å². The molecule has 7 nitrogen and oxygen atoms in total. The number of allylic oxidation sites excluding steroid dienone is 1. The maximum absolute atomic E-state index is 14.5. The van der Waals surface area contributed by atoms with Crippen LogP contribution in [-0.4, -0.2) is 41.3 Å². The van der Waals surface area contributed by atoms with E-state index in [9.17, 15) is 4.39 Å². The van der Waals surface area contributed by atoms with Crippen molar-refractivity contribution in [2.45, 2.75) is 13.3 Å². The molecule has 3 aromatic rings. The first-order valence-electron chi connectivity index (χ1n) is 10.7. The molecule has 2 N–H and O–H groups in total. The number of benzene rings is 1. The highest BCUT2D eigenvalue weighted by atomic mass is 19.1. The predicted molar refractivity (Wildman–Crippen MR) is 120 cm³/mol. The van der Waals surface area contributed by atoms with Crippen LogP contribution in [-0.2, 0) is 9.47 Å². The summed E-state index contributed by atoms with van der Waals surface area (Å²) in [5, 5.41) is 7.32. The van der Waals surface area contributed by atoms with E-state index in [1.807, 2.05) is 18.2 Å². The van der Waals surface area contributed by atoms with Crippen molar-refractivity contribution in [1.82, 2.24) is 20.3 Å². The lowest BCUT2D eigenvalue weighted by atomic mass is 9.94. The third-order valence-electron chi connectivity index (χ3n) is 5.66. The molecular formula is C24H24FN5O2. The molecule has 2 aliphatic rings. The number of ether oxygens (including phenoxy) is 2. The van der Waals surface area contributed by atoms with Gasteiger partial charge in [0.2, 0.25) is 5.88 Å². The van der Waals surface area contributed by atoms with Crippen molar-refractivity contribution in [3.8, 4) is 11.3 Å². The number of dihydropyridines is 1. The monoisotopic (exact) mass is 433 g/mol. The maximum Gasteiger partial charge on any atom is 0.231 e. The summed E-state index contributed by atoms with van der Waals surface area (Å²) >= 11 is 0. The van der Waals surface area contributed by atoms with E-state index >= 15 is 0 Å². The summed E-state index contributed by atoms with van der Waals surface area (Å²) in [7, 11) is 0. The van der Waals surface area contributed by atoms with Crippen LogP contribution in [0.15, 0.2) is 66.1 Å². The van der Waals surface area contributed by atoms with Gasteiger partial charge in [-0.1, -0.05) is 19.1 Å². The predicted octanol–water partition coefficient (Wildman–Crippen LogP) is 4.01. The van der Waals surface area contributed by atoms with Crippen molar-refractivity contribution in [2.75, 3.05) is 31.6 Å². The number of nitrogens with one attached hydrogen (secondary N) is 2. The second-order valence-electron chi connectivity index (χ2n) is 7.83. The minimum Gasteiger partial charge on any atom is -0.484 e. The molecule has 5 rings (SSSR count). The van der Waals surface area contributed by atoms with Crippen molar-refractivity contribution in [3.63, 3.8) is 0 Å². The molecule has 2 aliphatic heterocycles. The average molecular weight is 433 g/mol. The van der Waals surface area contributed by atoms with Crippen LogP contribution < -0.4 is 10.6 Å². The Morgan fingerprint density at radius 1 is 1.16 bits per heavy atom. The van der Waals surface area contributed by atoms with Crippen molar-refractivity contribution >= 4 is 16.7 Å². The van der Waals surface area contributed by atoms with Crippen LogP contribution in [0.25, 0.3) is 22.2 Å². The number of aromatic nitrogens is 3. The van der Waals surface area contributed by atoms with Crippen LogP contribution in [0, 0.1) is 11.7 Å². The molecule has 8 heteroatoms. The van der Waals surface area contributed by atoms with Crippen LogP contribution in [0.3, 0.4) is 0 Å². The number of hydrogen-bond donors (Lipinski definition) is 2. The van der Waals surface area contributed by atoms with Gasteiger partial charge in [-0.2, -0.15) is 0 Å². The molecule has 32 heavy (non-hydrogen) atoms. The van der Waals surface area contributed by atoms with Gasteiger partial charge in [0.1, 0.15) is 36.7 Å². The first-order valence-corrected chi connectivity index (χ1v) is 10.7. The Morgan fingerprint density at radius 3 is 3.00 bits per heavy atom. The second kappa shape index (κ2) is 8.82. The highest BCUT2D eigenvalue weighted by Gasteiger charge is 2.25. The smallest absolute Gasteiger partial charge is 0.231 e. The quantitative estimate of drug-likeness (QED) is 0.608. The Balaban J connectivity index is 1.26. The van der Waals surface area contributed by atoms with E-state index in [1.165, 1.54) is 18.0 Å². The number of rotatable bonds is 6. The first kappa shape index (κ1) is 20.2. The summed E-state index contributed by atoms with van der Waals surface area (Å²) in [6.45, 7) is 4.78. The number of fused-ring (bicyclic) bond motifs is 1. The van der Waals surface area contributed by atoms with Gasteiger partial charge >= 0.3 is 0 Å². The van der Waals surface area contributed by atoms with Crippen LogP contribution in [0.5, 0.6) is 0 Å². The molecule has 0 saturated carbocycles. The highest BCUT2D eigenvalue weighted by Crippen LogP contribution is 2.30. The minimum atomic E-state index is -0.363. The topological polar surface area (TPSA) is 81.2 Å². The van der Waals surface area contributed by atoms with E-state index in [4.69, 9.17) is 9.47 Å². The molecule has 0 aliphatic carbocycles. The lowest BCUT2D eigenvalue weighted by Crippen LogP contribution is -2.30. The first-order chi connectivity index (χ1) is 15.7. The number of halogens is 1. The Kier molecular flexibility index (Phi) is 5.58. The fraction of sp³-hybridized carbons (Fsp3) is 0.292. The second-order valence-corrected chi connectivity index (χ2v) is 7.83. The van der Waals surface area contributed by atoms with Gasteiger partial charge < -0.3 is 20.1 Å². The molecule has 0 saturated heterocycles. The number of hydrogen-bond acceptors (Lipinski definition) is 7. The lowest BCUT2D eigenvalue weighted by molar-refractivity contribution is 0.0527.